The molecule has 0 atom stereocenters. The summed E-state index contributed by atoms with van der Waals surface area (Å²) in [5.41, 5.74) is 2.44. The van der Waals surface area contributed by atoms with Crippen molar-refractivity contribution in [2.75, 3.05) is 7.11 Å². The number of nitriles is 1. The first-order valence-electron chi connectivity index (χ1n) is 13.0. The Hall–Kier alpha value is -4.81. The second kappa shape index (κ2) is 11.4. The maximum atomic E-state index is 15.8. The molecule has 0 N–H and O–H groups in total. The van der Waals surface area contributed by atoms with E-state index in [4.69, 9.17) is 4.74 Å². The molecule has 206 valence electrons. The van der Waals surface area contributed by atoms with Gasteiger partial charge in [-0.1, -0.05) is 24.3 Å². The van der Waals surface area contributed by atoms with E-state index in [1.54, 1.807) is 63.6 Å². The molecule has 0 aliphatic heterocycles. The first-order chi connectivity index (χ1) is 19.7. The fraction of sp³-hybridized carbons (Fsp3) is 0.219. The van der Waals surface area contributed by atoms with Gasteiger partial charge in [-0.3, -0.25) is 9.78 Å². The van der Waals surface area contributed by atoms with Crippen molar-refractivity contribution in [3.63, 3.8) is 0 Å². The van der Waals surface area contributed by atoms with Crippen LogP contribution in [0.2, 0.25) is 0 Å². The first-order valence-corrected chi connectivity index (χ1v) is 13.0. The minimum Gasteiger partial charge on any atom is -0.364 e. The lowest BCUT2D eigenvalue weighted by atomic mass is 9.85. The summed E-state index contributed by atoms with van der Waals surface area (Å²) in [4.78, 5) is 26.4. The van der Waals surface area contributed by atoms with E-state index in [0.29, 0.717) is 40.5 Å². The van der Waals surface area contributed by atoms with Crippen LogP contribution in [0.5, 0.6) is 0 Å². The second-order valence-electron chi connectivity index (χ2n) is 10.3. The monoisotopic (exact) mass is 551 g/mol. The molecule has 0 aliphatic carbocycles. The molecule has 7 nitrogen and oxygen atoms in total. The minimum absolute atomic E-state index is 0.0786. The van der Waals surface area contributed by atoms with Gasteiger partial charge in [-0.2, -0.15) is 5.26 Å². The number of fused-ring (bicyclic) bond motifs is 1. The highest BCUT2D eigenvalue weighted by Gasteiger charge is 2.23. The van der Waals surface area contributed by atoms with E-state index in [1.807, 2.05) is 16.8 Å². The van der Waals surface area contributed by atoms with E-state index in [9.17, 15) is 10.1 Å². The lowest BCUT2D eigenvalue weighted by Crippen LogP contribution is -2.15. The van der Waals surface area contributed by atoms with Gasteiger partial charge >= 0.3 is 0 Å². The summed E-state index contributed by atoms with van der Waals surface area (Å²) in [6.07, 6.45) is 4.42. The third kappa shape index (κ3) is 5.47. The highest BCUT2D eigenvalue weighted by molar-refractivity contribution is 5.97. The molecule has 0 radical (unpaired) electrons. The molecule has 9 heteroatoms. The fourth-order valence-electron chi connectivity index (χ4n) is 4.79. The van der Waals surface area contributed by atoms with Crippen molar-refractivity contribution in [1.29, 1.82) is 5.26 Å². The maximum absolute atomic E-state index is 15.8. The van der Waals surface area contributed by atoms with Crippen molar-refractivity contribution >= 4 is 16.8 Å². The average Bonchev–Trinajstić information content (AvgIpc) is 3.40. The average molecular weight is 552 g/mol. The number of halogens is 2. The lowest BCUT2D eigenvalue weighted by molar-refractivity contribution is 0.0991. The Labute approximate surface area is 236 Å². The van der Waals surface area contributed by atoms with Crippen molar-refractivity contribution in [3.8, 4) is 17.3 Å². The van der Waals surface area contributed by atoms with E-state index in [1.165, 1.54) is 18.5 Å². The van der Waals surface area contributed by atoms with Gasteiger partial charge in [0.2, 0.25) is 0 Å². The molecule has 0 aliphatic rings. The van der Waals surface area contributed by atoms with Crippen molar-refractivity contribution in [3.05, 3.63) is 113 Å². The Kier molecular flexibility index (Phi) is 7.68. The summed E-state index contributed by atoms with van der Waals surface area (Å²) in [5, 5.41) is 10.2. The number of nitrogens with zero attached hydrogens (tertiary/aromatic N) is 5. The van der Waals surface area contributed by atoms with Crippen molar-refractivity contribution in [2.45, 2.75) is 38.8 Å². The number of ether oxygens (including phenoxy) is 1. The van der Waals surface area contributed by atoms with Crippen LogP contribution < -0.4 is 0 Å². The quantitative estimate of drug-likeness (QED) is 0.203. The fourth-order valence-corrected chi connectivity index (χ4v) is 4.79. The number of benzene rings is 2. The topological polar surface area (TPSA) is 93.7 Å². The van der Waals surface area contributed by atoms with Crippen LogP contribution in [-0.4, -0.2) is 32.4 Å². The van der Waals surface area contributed by atoms with Gasteiger partial charge in [0.25, 0.3) is 0 Å². The van der Waals surface area contributed by atoms with E-state index >= 15 is 8.78 Å². The van der Waals surface area contributed by atoms with Crippen LogP contribution in [0, 0.1) is 23.0 Å². The zero-order valence-corrected chi connectivity index (χ0v) is 22.9. The van der Waals surface area contributed by atoms with Gasteiger partial charge in [-0.15, -0.1) is 0 Å². The van der Waals surface area contributed by atoms with Crippen LogP contribution >= 0.6 is 0 Å². The van der Waals surface area contributed by atoms with E-state index in [2.05, 4.69) is 21.0 Å². The lowest BCUT2D eigenvalue weighted by Gasteiger charge is -2.16. The van der Waals surface area contributed by atoms with E-state index in [-0.39, 0.29) is 29.8 Å². The predicted octanol–water partition coefficient (Wildman–Crippen LogP) is 6.19. The van der Waals surface area contributed by atoms with Gasteiger partial charge < -0.3 is 9.30 Å². The van der Waals surface area contributed by atoms with Crippen molar-refractivity contribution < 1.29 is 18.3 Å². The largest absolute Gasteiger partial charge is 0.364 e. The van der Waals surface area contributed by atoms with Gasteiger partial charge in [0.05, 0.1) is 22.9 Å². The number of carbonyl (C=O) groups excluding carboxylic acids is 1. The van der Waals surface area contributed by atoms with E-state index < -0.39 is 17.0 Å². The number of hydrogen-bond donors (Lipinski definition) is 0. The van der Waals surface area contributed by atoms with Crippen LogP contribution in [-0.2, 0) is 29.7 Å². The number of Topliss-reactive ketones (excluding diaryl/α,β-unsaturated/α-hetero) is 1. The zero-order chi connectivity index (χ0) is 29.1. The molecule has 0 saturated carbocycles. The van der Waals surface area contributed by atoms with Gasteiger partial charge in [0.15, 0.2) is 5.78 Å². The number of pyridine rings is 1. The molecule has 0 bridgehead atoms. The number of rotatable bonds is 9. The molecule has 0 fully saturated rings. The molecule has 5 rings (SSSR count). The molecular formula is C32H27F2N5O2. The normalized spacial score (nSPS) is 11.5. The minimum atomic E-state index is -0.789. The zero-order valence-electron chi connectivity index (χ0n) is 22.9. The predicted molar refractivity (Wildman–Crippen MR) is 150 cm³/mol. The van der Waals surface area contributed by atoms with Crippen molar-refractivity contribution in [2.24, 2.45) is 0 Å². The van der Waals surface area contributed by atoms with Gasteiger partial charge in [0.1, 0.15) is 30.3 Å². The van der Waals surface area contributed by atoms with Crippen LogP contribution in [0.3, 0.4) is 0 Å². The standard InChI is InChI=1S/C32H27F2N5O2/c1-32(2,17-35)22-7-4-6-20(14-22)28(40)15-21-9-10-26(33)25(29(21)34)16-27-23(8-5-12-36-27)30-24-11-13-39(19-41-3)31(24)38-18-37-30/h4-14,18H,15-16,19H2,1-3H3. The van der Waals surface area contributed by atoms with E-state index in [0.717, 1.165) is 5.39 Å². The maximum Gasteiger partial charge on any atom is 0.167 e. The Morgan fingerprint density at radius 3 is 2.68 bits per heavy atom. The molecule has 5 aromatic rings. The molecule has 0 amide bonds. The number of hydrogen-bond acceptors (Lipinski definition) is 6. The van der Waals surface area contributed by atoms with Gasteiger partial charge in [-0.05, 0) is 55.3 Å². The third-order valence-corrected chi connectivity index (χ3v) is 7.12. The number of carbonyl (C=O) groups is 1. The van der Waals surface area contributed by atoms with Gasteiger partial charge in [0, 0.05) is 54.4 Å². The van der Waals surface area contributed by atoms with Crippen LogP contribution in [0.4, 0.5) is 8.78 Å². The summed E-state index contributed by atoms with van der Waals surface area (Å²) in [5.74, 6) is -1.85. The molecule has 2 aromatic carbocycles. The Morgan fingerprint density at radius 2 is 1.90 bits per heavy atom. The molecule has 0 unspecified atom stereocenters. The highest BCUT2D eigenvalue weighted by Crippen LogP contribution is 2.31. The summed E-state index contributed by atoms with van der Waals surface area (Å²) < 4.78 is 37.9. The molecule has 3 aromatic heterocycles. The van der Waals surface area contributed by atoms with Gasteiger partial charge in [-0.25, -0.2) is 18.7 Å². The number of aromatic nitrogens is 4. The second-order valence-corrected chi connectivity index (χ2v) is 10.3. The Morgan fingerprint density at radius 1 is 1.07 bits per heavy atom. The van der Waals surface area contributed by atoms with Crippen molar-refractivity contribution in [1.82, 2.24) is 19.5 Å². The van der Waals surface area contributed by atoms with Crippen LogP contribution in [0.15, 0.2) is 73.3 Å². The Bertz CT molecular complexity index is 1810. The Balaban J connectivity index is 1.47. The smallest absolute Gasteiger partial charge is 0.167 e. The molecule has 3 heterocycles. The summed E-state index contributed by atoms with van der Waals surface area (Å²) in [7, 11) is 1.59. The molecular weight excluding hydrogens is 524 g/mol. The van der Waals surface area contributed by atoms with Crippen LogP contribution in [0.25, 0.3) is 22.3 Å². The molecule has 41 heavy (non-hydrogen) atoms. The highest BCUT2D eigenvalue weighted by atomic mass is 19.1. The first kappa shape index (κ1) is 27.7. The number of ketones is 1. The third-order valence-electron chi connectivity index (χ3n) is 7.12. The molecule has 0 saturated heterocycles. The SMILES string of the molecule is COCn1ccc2c(-c3cccnc3Cc3c(F)ccc(CC(=O)c4cccc(C(C)(C)C#N)c4)c3F)ncnc21. The summed E-state index contributed by atoms with van der Waals surface area (Å²) >= 11 is 0. The molecule has 0 spiro atoms. The summed E-state index contributed by atoms with van der Waals surface area (Å²) in [6, 6.07) is 16.8. The number of methoxy groups -OCH3 is 1. The van der Waals surface area contributed by atoms with Crippen LogP contribution in [0.1, 0.15) is 46.6 Å². The summed E-state index contributed by atoms with van der Waals surface area (Å²) in [6.45, 7) is 3.83.